The van der Waals surface area contributed by atoms with E-state index in [2.05, 4.69) is 9.97 Å². The van der Waals surface area contributed by atoms with Gasteiger partial charge in [-0.25, -0.2) is 4.98 Å². The number of methoxy groups -OCH3 is 1. The molecule has 1 fully saturated rings. The van der Waals surface area contributed by atoms with Crippen LogP contribution in [0.15, 0.2) is 30.6 Å². The number of amides is 2. The summed E-state index contributed by atoms with van der Waals surface area (Å²) in [7, 11) is 1.54. The van der Waals surface area contributed by atoms with Crippen molar-refractivity contribution in [2.45, 2.75) is 38.1 Å². The summed E-state index contributed by atoms with van der Waals surface area (Å²) in [5, 5.41) is 0. The van der Waals surface area contributed by atoms with Gasteiger partial charge in [-0.3, -0.25) is 9.59 Å². The second kappa shape index (κ2) is 7.99. The molecule has 1 aromatic heterocycles. The smallest absolute Gasteiger partial charge is 0.249 e. The van der Waals surface area contributed by atoms with E-state index in [4.69, 9.17) is 4.74 Å². The largest absolute Gasteiger partial charge is 0.375 e. The van der Waals surface area contributed by atoms with Crippen molar-refractivity contribution in [2.24, 2.45) is 0 Å². The third kappa shape index (κ3) is 3.55. The molecule has 7 heteroatoms. The standard InChI is InChI=1S/C22H28N4O3/c1-16-5-3-4-6-17(16)13-19(27)25-11-8-22(9-12-25)21-18(23-15-24-21)7-10-26(22)20(28)14-29-2/h3-6,15H,7-14H2,1-2H3,(H,23,24). The number of carbonyl (C=O) groups is 2. The first kappa shape index (κ1) is 19.6. The lowest BCUT2D eigenvalue weighted by molar-refractivity contribution is -0.147. The molecule has 1 N–H and O–H groups in total. The van der Waals surface area contributed by atoms with E-state index in [1.807, 2.05) is 41.0 Å². The minimum Gasteiger partial charge on any atom is -0.375 e. The number of aryl methyl sites for hydroxylation is 1. The molecule has 2 aliphatic heterocycles. The number of rotatable bonds is 4. The molecule has 0 saturated carbocycles. The van der Waals surface area contributed by atoms with Crippen LogP contribution in [0.2, 0.25) is 0 Å². The number of benzene rings is 1. The Hall–Kier alpha value is -2.67. The molecular formula is C22H28N4O3. The topological polar surface area (TPSA) is 78.5 Å². The SMILES string of the molecule is COCC(=O)N1CCc2[nH]cnc2C12CCN(C(=O)Cc1ccccc1C)CC2. The first-order chi connectivity index (χ1) is 14.0. The lowest BCUT2D eigenvalue weighted by Gasteiger charge is -2.50. The fourth-order valence-electron chi connectivity index (χ4n) is 4.76. The highest BCUT2D eigenvalue weighted by molar-refractivity contribution is 5.80. The number of piperidine rings is 1. The molecule has 0 radical (unpaired) electrons. The van der Waals surface area contributed by atoms with Crippen molar-refractivity contribution in [3.63, 3.8) is 0 Å². The van der Waals surface area contributed by atoms with E-state index in [0.717, 1.165) is 28.9 Å². The van der Waals surface area contributed by atoms with Crippen LogP contribution in [0.1, 0.15) is 35.4 Å². The van der Waals surface area contributed by atoms with Crippen molar-refractivity contribution in [3.8, 4) is 0 Å². The van der Waals surface area contributed by atoms with Crippen LogP contribution in [0.4, 0.5) is 0 Å². The Labute approximate surface area is 171 Å². The normalized spacial score (nSPS) is 18.0. The van der Waals surface area contributed by atoms with Gasteiger partial charge in [-0.1, -0.05) is 24.3 Å². The lowest BCUT2D eigenvalue weighted by Crippen LogP contribution is -2.59. The predicted molar refractivity (Wildman–Crippen MR) is 108 cm³/mol. The number of hydrogen-bond acceptors (Lipinski definition) is 4. The zero-order valence-corrected chi connectivity index (χ0v) is 17.1. The van der Waals surface area contributed by atoms with Crippen molar-refractivity contribution in [1.82, 2.24) is 19.8 Å². The van der Waals surface area contributed by atoms with Crippen molar-refractivity contribution in [3.05, 3.63) is 53.1 Å². The molecule has 1 aromatic carbocycles. The summed E-state index contributed by atoms with van der Waals surface area (Å²) in [6, 6.07) is 8.01. The Balaban J connectivity index is 1.52. The number of nitrogens with zero attached hydrogens (tertiary/aromatic N) is 3. The summed E-state index contributed by atoms with van der Waals surface area (Å²) < 4.78 is 5.11. The molecular weight excluding hydrogens is 368 g/mol. The van der Waals surface area contributed by atoms with Crippen molar-refractivity contribution in [2.75, 3.05) is 33.4 Å². The fourth-order valence-corrected chi connectivity index (χ4v) is 4.76. The van der Waals surface area contributed by atoms with Gasteiger partial charge in [0.05, 0.1) is 24.0 Å². The molecule has 1 saturated heterocycles. The van der Waals surface area contributed by atoms with Gasteiger partial charge in [0.15, 0.2) is 0 Å². The van der Waals surface area contributed by atoms with Crippen LogP contribution in [0.25, 0.3) is 0 Å². The monoisotopic (exact) mass is 396 g/mol. The lowest BCUT2D eigenvalue weighted by atomic mass is 9.78. The van der Waals surface area contributed by atoms with E-state index in [9.17, 15) is 9.59 Å². The van der Waals surface area contributed by atoms with Gasteiger partial charge in [-0.2, -0.15) is 0 Å². The molecule has 2 aliphatic rings. The molecule has 0 aliphatic carbocycles. The second-order valence-electron chi connectivity index (χ2n) is 7.97. The van der Waals surface area contributed by atoms with E-state index in [1.54, 1.807) is 13.4 Å². The highest BCUT2D eigenvalue weighted by Gasteiger charge is 2.49. The molecule has 0 bridgehead atoms. The summed E-state index contributed by atoms with van der Waals surface area (Å²) in [5.74, 6) is 0.128. The maximum Gasteiger partial charge on any atom is 0.249 e. The number of H-pyrrole nitrogens is 1. The average molecular weight is 396 g/mol. The third-order valence-electron chi connectivity index (χ3n) is 6.38. The Morgan fingerprint density at radius 3 is 2.66 bits per heavy atom. The van der Waals surface area contributed by atoms with Gasteiger partial charge in [-0.15, -0.1) is 0 Å². The van der Waals surface area contributed by atoms with Gasteiger partial charge < -0.3 is 19.5 Å². The first-order valence-electron chi connectivity index (χ1n) is 10.2. The molecule has 2 aromatic rings. The number of aromatic amines is 1. The van der Waals surface area contributed by atoms with Crippen LogP contribution in [0.3, 0.4) is 0 Å². The van der Waals surface area contributed by atoms with Gasteiger partial charge >= 0.3 is 0 Å². The molecule has 3 heterocycles. The zero-order valence-electron chi connectivity index (χ0n) is 17.1. The summed E-state index contributed by atoms with van der Waals surface area (Å²) >= 11 is 0. The number of imidazole rings is 1. The molecule has 7 nitrogen and oxygen atoms in total. The quantitative estimate of drug-likeness (QED) is 0.855. The highest BCUT2D eigenvalue weighted by Crippen LogP contribution is 2.42. The van der Waals surface area contributed by atoms with Gasteiger partial charge in [0.25, 0.3) is 0 Å². The van der Waals surface area contributed by atoms with Gasteiger partial charge in [0.1, 0.15) is 6.61 Å². The molecule has 2 amide bonds. The van der Waals surface area contributed by atoms with Crippen molar-refractivity contribution < 1.29 is 14.3 Å². The number of ether oxygens (including phenoxy) is 1. The summed E-state index contributed by atoms with van der Waals surface area (Å²) in [4.78, 5) is 37.4. The Morgan fingerprint density at radius 2 is 1.93 bits per heavy atom. The maximum absolute atomic E-state index is 12.9. The van der Waals surface area contributed by atoms with E-state index in [1.165, 1.54) is 0 Å². The molecule has 29 heavy (non-hydrogen) atoms. The Kier molecular flexibility index (Phi) is 5.41. The van der Waals surface area contributed by atoms with Gasteiger partial charge in [-0.05, 0) is 30.9 Å². The van der Waals surface area contributed by atoms with Crippen LogP contribution < -0.4 is 0 Å². The zero-order chi connectivity index (χ0) is 20.4. The maximum atomic E-state index is 12.9. The van der Waals surface area contributed by atoms with Gasteiger partial charge in [0.2, 0.25) is 11.8 Å². The second-order valence-corrected chi connectivity index (χ2v) is 7.97. The van der Waals surface area contributed by atoms with Crippen LogP contribution in [-0.4, -0.2) is 64.9 Å². The molecule has 0 atom stereocenters. The Morgan fingerprint density at radius 1 is 1.17 bits per heavy atom. The van der Waals surface area contributed by atoms with Crippen LogP contribution >= 0.6 is 0 Å². The van der Waals surface area contributed by atoms with Crippen molar-refractivity contribution in [1.29, 1.82) is 0 Å². The number of aromatic nitrogens is 2. The summed E-state index contributed by atoms with van der Waals surface area (Å²) in [6.07, 6.45) is 4.29. The minimum atomic E-state index is -0.456. The summed E-state index contributed by atoms with van der Waals surface area (Å²) in [6.45, 7) is 3.99. The van der Waals surface area contributed by atoms with Crippen LogP contribution in [0.5, 0.6) is 0 Å². The number of nitrogens with one attached hydrogen (secondary N) is 1. The number of fused-ring (bicyclic) bond motifs is 2. The number of hydrogen-bond donors (Lipinski definition) is 1. The first-order valence-corrected chi connectivity index (χ1v) is 10.2. The molecule has 0 unspecified atom stereocenters. The summed E-state index contributed by atoms with van der Waals surface area (Å²) in [5.41, 5.74) is 3.81. The van der Waals surface area contributed by atoms with E-state index < -0.39 is 5.54 Å². The van der Waals surface area contributed by atoms with Gasteiger partial charge in [0, 0.05) is 38.9 Å². The van der Waals surface area contributed by atoms with E-state index >= 15 is 0 Å². The van der Waals surface area contributed by atoms with Crippen LogP contribution in [-0.2, 0) is 32.7 Å². The highest BCUT2D eigenvalue weighted by atomic mass is 16.5. The van der Waals surface area contributed by atoms with Crippen LogP contribution in [0, 0.1) is 6.92 Å². The number of likely N-dealkylation sites (tertiary alicyclic amines) is 1. The fraction of sp³-hybridized carbons (Fsp3) is 0.500. The van der Waals surface area contributed by atoms with E-state index in [-0.39, 0.29) is 18.4 Å². The third-order valence-corrected chi connectivity index (χ3v) is 6.38. The predicted octanol–water partition coefficient (Wildman–Crippen LogP) is 1.81. The minimum absolute atomic E-state index is 0.0131. The molecule has 1 spiro atoms. The molecule has 4 rings (SSSR count). The average Bonchev–Trinajstić information content (AvgIpc) is 3.21. The number of carbonyl (C=O) groups excluding carboxylic acids is 2. The molecule has 154 valence electrons. The Bertz CT molecular complexity index is 899. The van der Waals surface area contributed by atoms with E-state index in [0.29, 0.717) is 38.9 Å². The van der Waals surface area contributed by atoms with Crippen molar-refractivity contribution >= 4 is 11.8 Å².